The van der Waals surface area contributed by atoms with Crippen molar-refractivity contribution >= 4 is 0 Å². The van der Waals surface area contributed by atoms with Crippen molar-refractivity contribution in [2.24, 2.45) is 0 Å². The molecule has 3 rings (SSSR count). The predicted octanol–water partition coefficient (Wildman–Crippen LogP) is 0.290. The fraction of sp³-hybridized carbons (Fsp3) is 0.429. The standard InChI is InChI=1S/C14H18N4O2/c19-14-18(9-12-1-3-15-4-2-12)11-13(20-14)10-17-7-5-16-6-8-17/h1-4,11,16H,5-10H2. The van der Waals surface area contributed by atoms with Gasteiger partial charge in [0.15, 0.2) is 0 Å². The van der Waals surface area contributed by atoms with Crippen molar-refractivity contribution < 1.29 is 4.42 Å². The Hall–Kier alpha value is -1.92. The highest BCUT2D eigenvalue weighted by Gasteiger charge is 2.13. The fourth-order valence-corrected chi connectivity index (χ4v) is 2.38. The summed E-state index contributed by atoms with van der Waals surface area (Å²) in [7, 11) is 0. The summed E-state index contributed by atoms with van der Waals surface area (Å²) in [5, 5.41) is 3.30. The maximum atomic E-state index is 11.8. The predicted molar refractivity (Wildman–Crippen MR) is 74.5 cm³/mol. The van der Waals surface area contributed by atoms with E-state index in [2.05, 4.69) is 15.2 Å². The molecule has 0 aliphatic carbocycles. The molecule has 0 spiro atoms. The molecule has 0 amide bonds. The van der Waals surface area contributed by atoms with Crippen molar-refractivity contribution in [3.8, 4) is 0 Å². The van der Waals surface area contributed by atoms with Gasteiger partial charge in [-0.2, -0.15) is 0 Å². The zero-order valence-corrected chi connectivity index (χ0v) is 11.3. The molecule has 6 nitrogen and oxygen atoms in total. The minimum Gasteiger partial charge on any atom is -0.412 e. The molecule has 1 fully saturated rings. The molecule has 1 aliphatic heterocycles. The maximum Gasteiger partial charge on any atom is 0.419 e. The molecule has 1 aliphatic rings. The highest BCUT2D eigenvalue weighted by molar-refractivity contribution is 5.10. The number of oxazole rings is 1. The van der Waals surface area contributed by atoms with E-state index in [0.717, 1.165) is 37.5 Å². The first kappa shape index (κ1) is 13.1. The number of pyridine rings is 1. The lowest BCUT2D eigenvalue weighted by Gasteiger charge is -2.25. The summed E-state index contributed by atoms with van der Waals surface area (Å²) >= 11 is 0. The van der Waals surface area contributed by atoms with Gasteiger partial charge in [-0.05, 0) is 17.7 Å². The molecule has 106 valence electrons. The highest BCUT2D eigenvalue weighted by Crippen LogP contribution is 2.06. The van der Waals surface area contributed by atoms with Crippen molar-refractivity contribution in [1.29, 1.82) is 0 Å². The summed E-state index contributed by atoms with van der Waals surface area (Å²) in [5.41, 5.74) is 1.04. The topological polar surface area (TPSA) is 63.3 Å². The van der Waals surface area contributed by atoms with Gasteiger partial charge in [0.2, 0.25) is 0 Å². The molecule has 2 aromatic rings. The van der Waals surface area contributed by atoms with Gasteiger partial charge in [0.1, 0.15) is 5.76 Å². The third-order valence-electron chi connectivity index (χ3n) is 3.44. The minimum atomic E-state index is -0.299. The maximum absolute atomic E-state index is 11.8. The van der Waals surface area contributed by atoms with E-state index in [9.17, 15) is 4.79 Å². The van der Waals surface area contributed by atoms with E-state index >= 15 is 0 Å². The molecule has 2 aromatic heterocycles. The zero-order valence-electron chi connectivity index (χ0n) is 11.3. The van der Waals surface area contributed by atoms with Crippen molar-refractivity contribution in [3.05, 3.63) is 52.6 Å². The van der Waals surface area contributed by atoms with Crippen molar-refractivity contribution in [2.75, 3.05) is 26.2 Å². The summed E-state index contributed by atoms with van der Waals surface area (Å²) < 4.78 is 6.92. The monoisotopic (exact) mass is 274 g/mol. The van der Waals surface area contributed by atoms with Gasteiger partial charge in [0.05, 0.1) is 19.3 Å². The Bertz CT molecular complexity index is 599. The number of nitrogens with one attached hydrogen (secondary N) is 1. The van der Waals surface area contributed by atoms with Crippen LogP contribution in [0.1, 0.15) is 11.3 Å². The molecular weight excluding hydrogens is 256 g/mol. The Morgan fingerprint density at radius 3 is 2.70 bits per heavy atom. The lowest BCUT2D eigenvalue weighted by atomic mass is 10.3. The number of piperazine rings is 1. The number of rotatable bonds is 4. The summed E-state index contributed by atoms with van der Waals surface area (Å²) in [6, 6.07) is 3.80. The minimum absolute atomic E-state index is 0.299. The van der Waals surface area contributed by atoms with Crippen LogP contribution in [0.3, 0.4) is 0 Å². The van der Waals surface area contributed by atoms with E-state index in [-0.39, 0.29) is 5.76 Å². The Morgan fingerprint density at radius 1 is 1.20 bits per heavy atom. The highest BCUT2D eigenvalue weighted by atomic mass is 16.4. The largest absolute Gasteiger partial charge is 0.419 e. The van der Waals surface area contributed by atoms with E-state index in [1.807, 2.05) is 18.3 Å². The van der Waals surface area contributed by atoms with Crippen molar-refractivity contribution in [1.82, 2.24) is 19.8 Å². The molecule has 0 bridgehead atoms. The quantitative estimate of drug-likeness (QED) is 0.868. The van der Waals surface area contributed by atoms with Crippen LogP contribution in [-0.2, 0) is 13.1 Å². The van der Waals surface area contributed by atoms with Gasteiger partial charge in [0.25, 0.3) is 0 Å². The third-order valence-corrected chi connectivity index (χ3v) is 3.44. The van der Waals surface area contributed by atoms with E-state index in [4.69, 9.17) is 4.42 Å². The number of hydrogen-bond acceptors (Lipinski definition) is 5. The lowest BCUT2D eigenvalue weighted by Crippen LogP contribution is -2.42. The van der Waals surface area contributed by atoms with Gasteiger partial charge in [-0.15, -0.1) is 0 Å². The summed E-state index contributed by atoms with van der Waals surface area (Å²) in [6.07, 6.45) is 5.26. The second-order valence-electron chi connectivity index (χ2n) is 4.97. The molecule has 0 unspecified atom stereocenters. The van der Waals surface area contributed by atoms with Crippen LogP contribution in [-0.4, -0.2) is 40.6 Å². The molecule has 6 heteroatoms. The third kappa shape index (κ3) is 3.15. The number of hydrogen-bond donors (Lipinski definition) is 1. The Balaban J connectivity index is 1.69. The van der Waals surface area contributed by atoms with E-state index in [1.54, 1.807) is 17.0 Å². The van der Waals surface area contributed by atoms with Crippen molar-refractivity contribution in [2.45, 2.75) is 13.1 Å². The van der Waals surface area contributed by atoms with Gasteiger partial charge in [-0.25, -0.2) is 4.79 Å². The van der Waals surface area contributed by atoms with Crippen LogP contribution < -0.4 is 11.1 Å². The van der Waals surface area contributed by atoms with Crippen LogP contribution in [0.25, 0.3) is 0 Å². The Labute approximate surface area is 117 Å². The molecule has 1 N–H and O–H groups in total. The summed E-state index contributed by atoms with van der Waals surface area (Å²) in [6.45, 7) is 5.16. The van der Waals surface area contributed by atoms with Gasteiger partial charge in [-0.1, -0.05) is 0 Å². The molecule has 0 atom stereocenters. The average Bonchev–Trinajstić information content (AvgIpc) is 2.81. The van der Waals surface area contributed by atoms with Crippen LogP contribution >= 0.6 is 0 Å². The molecule has 0 radical (unpaired) electrons. The van der Waals surface area contributed by atoms with Gasteiger partial charge in [0, 0.05) is 38.6 Å². The van der Waals surface area contributed by atoms with Crippen LogP contribution in [0.2, 0.25) is 0 Å². The van der Waals surface area contributed by atoms with Crippen molar-refractivity contribution in [3.63, 3.8) is 0 Å². The number of nitrogens with zero attached hydrogens (tertiary/aromatic N) is 3. The summed E-state index contributed by atoms with van der Waals surface area (Å²) in [4.78, 5) is 18.1. The molecule has 1 saturated heterocycles. The van der Waals surface area contributed by atoms with Crippen LogP contribution in [0.5, 0.6) is 0 Å². The molecule has 3 heterocycles. The second kappa shape index (κ2) is 6.02. The molecule has 20 heavy (non-hydrogen) atoms. The van der Waals surface area contributed by atoms with E-state index in [0.29, 0.717) is 13.1 Å². The van der Waals surface area contributed by atoms with E-state index in [1.165, 1.54) is 0 Å². The Morgan fingerprint density at radius 2 is 1.95 bits per heavy atom. The first-order valence-corrected chi connectivity index (χ1v) is 6.82. The lowest BCUT2D eigenvalue weighted by molar-refractivity contribution is 0.214. The second-order valence-corrected chi connectivity index (χ2v) is 4.97. The zero-order chi connectivity index (χ0) is 13.8. The molecule has 0 saturated carbocycles. The first-order chi connectivity index (χ1) is 9.81. The normalized spacial score (nSPS) is 16.4. The Kier molecular flexibility index (Phi) is 3.94. The SMILES string of the molecule is O=c1oc(CN2CCNCC2)cn1Cc1ccncc1. The van der Waals surface area contributed by atoms with Gasteiger partial charge in [-0.3, -0.25) is 14.5 Å². The smallest absolute Gasteiger partial charge is 0.412 e. The number of aromatic nitrogens is 2. The molecular formula is C14H18N4O2. The fourth-order valence-electron chi connectivity index (χ4n) is 2.38. The van der Waals surface area contributed by atoms with Crippen LogP contribution in [0.4, 0.5) is 0 Å². The van der Waals surface area contributed by atoms with Crippen LogP contribution in [0.15, 0.2) is 39.9 Å². The average molecular weight is 274 g/mol. The van der Waals surface area contributed by atoms with Gasteiger partial charge < -0.3 is 9.73 Å². The van der Waals surface area contributed by atoms with Gasteiger partial charge >= 0.3 is 5.76 Å². The summed E-state index contributed by atoms with van der Waals surface area (Å²) in [5.74, 6) is 0.429. The first-order valence-electron chi connectivity index (χ1n) is 6.82. The molecule has 0 aromatic carbocycles. The van der Waals surface area contributed by atoms with Crippen LogP contribution in [0, 0.1) is 0 Å². The van der Waals surface area contributed by atoms with E-state index < -0.39 is 0 Å².